The summed E-state index contributed by atoms with van der Waals surface area (Å²) in [6.45, 7) is 1.96. The zero-order valence-corrected chi connectivity index (χ0v) is 24.4. The third-order valence-corrected chi connectivity index (χ3v) is 6.57. The molecule has 0 spiro atoms. The van der Waals surface area contributed by atoms with Gasteiger partial charge < -0.3 is 34.6 Å². The van der Waals surface area contributed by atoms with Crippen molar-refractivity contribution in [1.29, 1.82) is 0 Å². The molecule has 0 saturated carbocycles. The summed E-state index contributed by atoms with van der Waals surface area (Å²) in [6.07, 6.45) is -1.03. The standard InChI is InChI=1S/C34H34N2O8/c1-3-43-29-18-10-26(11-19-29)34(41)44-30-16-6-24(7-17-30)21-36(22-32(38)39)33(40)25-8-12-27(13-9-25)35-31(37)20-23-4-14-28(42-2)15-5-23/h4-19,34,41H,3,20-22H2,1-2H3,(H,35,37)(H,38,39). The second-order valence-corrected chi connectivity index (χ2v) is 9.82. The Hall–Kier alpha value is -5.35. The van der Waals surface area contributed by atoms with Crippen molar-refractivity contribution in [2.45, 2.75) is 26.2 Å². The summed E-state index contributed by atoms with van der Waals surface area (Å²) in [5, 5.41) is 22.7. The molecule has 2 amide bonds. The van der Waals surface area contributed by atoms with Crippen LogP contribution in [0.5, 0.6) is 17.2 Å². The van der Waals surface area contributed by atoms with Crippen LogP contribution in [-0.4, -0.2) is 53.2 Å². The lowest BCUT2D eigenvalue weighted by atomic mass is 10.1. The molecule has 4 aromatic carbocycles. The molecular formula is C34H34N2O8. The quantitative estimate of drug-likeness (QED) is 0.171. The van der Waals surface area contributed by atoms with Crippen LogP contribution in [-0.2, 0) is 22.6 Å². The number of hydrogen-bond acceptors (Lipinski definition) is 7. The number of ether oxygens (including phenoxy) is 3. The van der Waals surface area contributed by atoms with Crippen LogP contribution in [0.15, 0.2) is 97.1 Å². The molecule has 10 nitrogen and oxygen atoms in total. The first kappa shape index (κ1) is 31.6. The van der Waals surface area contributed by atoms with Crippen LogP contribution >= 0.6 is 0 Å². The van der Waals surface area contributed by atoms with Crippen molar-refractivity contribution < 1.29 is 38.8 Å². The van der Waals surface area contributed by atoms with Gasteiger partial charge in [-0.15, -0.1) is 0 Å². The molecule has 0 bridgehead atoms. The Labute approximate surface area is 255 Å². The van der Waals surface area contributed by atoms with Crippen LogP contribution in [0.1, 0.15) is 40.3 Å². The highest BCUT2D eigenvalue weighted by atomic mass is 16.6. The summed E-state index contributed by atoms with van der Waals surface area (Å²) in [4.78, 5) is 38.5. The molecule has 0 aliphatic heterocycles. The van der Waals surface area contributed by atoms with E-state index in [0.717, 1.165) is 5.56 Å². The predicted molar refractivity (Wildman–Crippen MR) is 164 cm³/mol. The van der Waals surface area contributed by atoms with E-state index in [-0.39, 0.29) is 24.4 Å². The number of methoxy groups -OCH3 is 1. The first-order valence-electron chi connectivity index (χ1n) is 13.9. The third kappa shape index (κ3) is 9.07. The van der Waals surface area contributed by atoms with Crippen LogP contribution in [0.2, 0.25) is 0 Å². The molecule has 0 radical (unpaired) electrons. The topological polar surface area (TPSA) is 135 Å². The van der Waals surface area contributed by atoms with Gasteiger partial charge >= 0.3 is 5.97 Å². The highest BCUT2D eigenvalue weighted by Gasteiger charge is 2.20. The molecule has 0 saturated heterocycles. The number of aliphatic hydroxyl groups is 1. The van der Waals surface area contributed by atoms with Gasteiger partial charge in [-0.2, -0.15) is 0 Å². The number of rotatable bonds is 14. The molecule has 4 aromatic rings. The number of carboxylic acids is 1. The Morgan fingerprint density at radius 1 is 0.795 bits per heavy atom. The number of aliphatic hydroxyl groups excluding tert-OH is 1. The fraction of sp³-hybridized carbons (Fsp3) is 0.206. The van der Waals surface area contributed by atoms with Gasteiger partial charge in [0.25, 0.3) is 5.91 Å². The molecule has 10 heteroatoms. The normalized spacial score (nSPS) is 11.2. The van der Waals surface area contributed by atoms with Crippen LogP contribution in [0.4, 0.5) is 5.69 Å². The summed E-state index contributed by atoms with van der Waals surface area (Å²) in [5.74, 6) is -0.0592. The first-order valence-corrected chi connectivity index (χ1v) is 13.9. The van der Waals surface area contributed by atoms with Crippen molar-refractivity contribution in [2.75, 3.05) is 25.6 Å². The largest absolute Gasteiger partial charge is 0.497 e. The SMILES string of the molecule is CCOc1ccc(C(O)Oc2ccc(CN(CC(=O)O)C(=O)c3ccc(NC(=O)Cc4ccc(OC)cc4)cc3)cc2)cc1. The monoisotopic (exact) mass is 598 g/mol. The fourth-order valence-electron chi connectivity index (χ4n) is 4.36. The zero-order valence-electron chi connectivity index (χ0n) is 24.4. The molecule has 1 unspecified atom stereocenters. The van der Waals surface area contributed by atoms with E-state index in [1.807, 2.05) is 19.1 Å². The number of carbonyl (C=O) groups is 3. The van der Waals surface area contributed by atoms with E-state index in [2.05, 4.69) is 5.32 Å². The van der Waals surface area contributed by atoms with Crippen molar-refractivity contribution in [3.05, 3.63) is 119 Å². The number of carboxylic acid groups (broad SMARTS) is 1. The van der Waals surface area contributed by atoms with E-state index in [9.17, 15) is 24.6 Å². The second kappa shape index (κ2) is 15.2. The van der Waals surface area contributed by atoms with Crippen LogP contribution < -0.4 is 19.5 Å². The minimum absolute atomic E-state index is 0.0349. The average molecular weight is 599 g/mol. The summed E-state index contributed by atoms with van der Waals surface area (Å²) in [7, 11) is 1.57. The minimum Gasteiger partial charge on any atom is -0.497 e. The molecule has 4 rings (SSSR count). The molecule has 44 heavy (non-hydrogen) atoms. The number of aliphatic carboxylic acids is 1. The number of nitrogens with zero attached hydrogens (tertiary/aromatic N) is 1. The molecule has 0 aliphatic rings. The van der Waals surface area contributed by atoms with Gasteiger partial charge in [0.2, 0.25) is 12.2 Å². The molecule has 0 heterocycles. The number of amides is 2. The van der Waals surface area contributed by atoms with Gasteiger partial charge in [-0.3, -0.25) is 14.4 Å². The smallest absolute Gasteiger partial charge is 0.323 e. The van der Waals surface area contributed by atoms with E-state index in [1.54, 1.807) is 92.0 Å². The van der Waals surface area contributed by atoms with Crippen molar-refractivity contribution in [3.63, 3.8) is 0 Å². The number of anilines is 1. The number of benzene rings is 4. The zero-order chi connectivity index (χ0) is 31.5. The minimum atomic E-state index is -1.20. The maximum Gasteiger partial charge on any atom is 0.323 e. The number of carbonyl (C=O) groups excluding carboxylic acids is 2. The Bertz CT molecular complexity index is 1540. The molecule has 0 fully saturated rings. The lowest BCUT2D eigenvalue weighted by Gasteiger charge is -2.21. The summed E-state index contributed by atoms with van der Waals surface area (Å²) < 4.78 is 16.2. The van der Waals surface area contributed by atoms with Crippen LogP contribution in [0, 0.1) is 0 Å². The second-order valence-electron chi connectivity index (χ2n) is 9.82. The number of hydrogen-bond donors (Lipinski definition) is 3. The van der Waals surface area contributed by atoms with Crippen molar-refractivity contribution in [2.24, 2.45) is 0 Å². The van der Waals surface area contributed by atoms with Crippen molar-refractivity contribution in [1.82, 2.24) is 4.90 Å². The molecular weight excluding hydrogens is 564 g/mol. The van der Waals surface area contributed by atoms with Gasteiger partial charge in [-0.1, -0.05) is 24.3 Å². The van der Waals surface area contributed by atoms with Gasteiger partial charge in [-0.25, -0.2) is 0 Å². The Morgan fingerprint density at radius 3 is 1.98 bits per heavy atom. The van der Waals surface area contributed by atoms with E-state index >= 15 is 0 Å². The van der Waals surface area contributed by atoms with Crippen LogP contribution in [0.25, 0.3) is 0 Å². The highest BCUT2D eigenvalue weighted by molar-refractivity contribution is 5.97. The lowest BCUT2D eigenvalue weighted by Crippen LogP contribution is -2.35. The Balaban J connectivity index is 1.35. The molecule has 0 aliphatic carbocycles. The summed E-state index contributed by atoms with van der Waals surface area (Å²) >= 11 is 0. The highest BCUT2D eigenvalue weighted by Crippen LogP contribution is 2.23. The Kier molecular flexibility index (Phi) is 10.9. The first-order chi connectivity index (χ1) is 21.2. The molecule has 3 N–H and O–H groups in total. The van der Waals surface area contributed by atoms with E-state index < -0.39 is 24.7 Å². The summed E-state index contributed by atoms with van der Waals surface area (Å²) in [5.41, 5.74) is 2.83. The van der Waals surface area contributed by atoms with Crippen molar-refractivity contribution >= 4 is 23.5 Å². The van der Waals surface area contributed by atoms with Gasteiger partial charge in [-0.05, 0) is 90.8 Å². The third-order valence-electron chi connectivity index (χ3n) is 6.57. The van der Waals surface area contributed by atoms with Gasteiger partial charge in [0.15, 0.2) is 0 Å². The van der Waals surface area contributed by atoms with Crippen LogP contribution in [0.3, 0.4) is 0 Å². The molecule has 0 aromatic heterocycles. The van der Waals surface area contributed by atoms with E-state index in [4.69, 9.17) is 14.2 Å². The lowest BCUT2D eigenvalue weighted by molar-refractivity contribution is -0.137. The van der Waals surface area contributed by atoms with Crippen molar-refractivity contribution in [3.8, 4) is 17.2 Å². The predicted octanol–water partition coefficient (Wildman–Crippen LogP) is 5.07. The van der Waals surface area contributed by atoms with Gasteiger partial charge in [0, 0.05) is 23.4 Å². The van der Waals surface area contributed by atoms with E-state index in [0.29, 0.717) is 40.7 Å². The fourth-order valence-corrected chi connectivity index (χ4v) is 4.36. The summed E-state index contributed by atoms with van der Waals surface area (Å²) in [6, 6.07) is 27.0. The Morgan fingerprint density at radius 2 is 1.39 bits per heavy atom. The molecule has 1 atom stereocenters. The van der Waals surface area contributed by atoms with E-state index in [1.165, 1.54) is 4.90 Å². The maximum atomic E-state index is 13.2. The van der Waals surface area contributed by atoms with Gasteiger partial charge in [0.1, 0.15) is 23.8 Å². The van der Waals surface area contributed by atoms with Gasteiger partial charge in [0.05, 0.1) is 20.1 Å². The number of nitrogens with one attached hydrogen (secondary N) is 1. The molecule has 228 valence electrons. The maximum absolute atomic E-state index is 13.2. The average Bonchev–Trinajstić information content (AvgIpc) is 3.02.